The van der Waals surface area contributed by atoms with E-state index in [1.54, 1.807) is 0 Å². The third kappa shape index (κ3) is 3.11. The quantitative estimate of drug-likeness (QED) is 0.863. The van der Waals surface area contributed by atoms with Gasteiger partial charge in [-0.05, 0) is 12.1 Å². The predicted octanol–water partition coefficient (Wildman–Crippen LogP) is 1.62. The number of pyridine rings is 1. The number of alkyl halides is 3. The molecule has 0 spiro atoms. The molecular weight excluding hydrogens is 225 g/mol. The third-order valence-electron chi connectivity index (χ3n) is 1.84. The Morgan fingerprint density at radius 3 is 2.69 bits per heavy atom. The molecule has 1 heterocycles. The number of nitrogens with zero attached hydrogens (tertiary/aromatic N) is 2. The van der Waals surface area contributed by atoms with Crippen molar-refractivity contribution in [2.24, 2.45) is 0 Å². The van der Waals surface area contributed by atoms with Crippen molar-refractivity contribution in [3.63, 3.8) is 0 Å². The average Bonchev–Trinajstić information content (AvgIpc) is 2.15. The molecule has 0 saturated carbocycles. The zero-order valence-corrected chi connectivity index (χ0v) is 8.32. The summed E-state index contributed by atoms with van der Waals surface area (Å²) in [6.45, 7) is -0.408. The minimum atomic E-state index is -4.46. The number of carboxylic acids is 1. The van der Waals surface area contributed by atoms with Gasteiger partial charge in [0.05, 0.1) is 5.56 Å². The maximum Gasteiger partial charge on any atom is 0.416 e. The molecule has 0 radical (unpaired) electrons. The van der Waals surface area contributed by atoms with Gasteiger partial charge in [-0.15, -0.1) is 0 Å². The Hall–Kier alpha value is -1.79. The zero-order chi connectivity index (χ0) is 12.3. The van der Waals surface area contributed by atoms with Gasteiger partial charge in [-0.3, -0.25) is 4.79 Å². The summed E-state index contributed by atoms with van der Waals surface area (Å²) < 4.78 is 37.0. The number of carboxylic acid groups (broad SMARTS) is 1. The fraction of sp³-hybridized carbons (Fsp3) is 0.333. The van der Waals surface area contributed by atoms with E-state index in [0.29, 0.717) is 0 Å². The molecular formula is C9H9F3N2O2. The summed E-state index contributed by atoms with van der Waals surface area (Å²) in [4.78, 5) is 15.2. The number of hydrogen-bond acceptors (Lipinski definition) is 3. The summed E-state index contributed by atoms with van der Waals surface area (Å²) >= 11 is 0. The molecule has 4 nitrogen and oxygen atoms in total. The highest BCUT2D eigenvalue weighted by Crippen LogP contribution is 2.30. The first-order valence-electron chi connectivity index (χ1n) is 4.27. The van der Waals surface area contributed by atoms with Crippen LogP contribution < -0.4 is 4.90 Å². The van der Waals surface area contributed by atoms with Crippen LogP contribution in [0, 0.1) is 0 Å². The van der Waals surface area contributed by atoms with E-state index >= 15 is 0 Å². The number of anilines is 1. The third-order valence-corrected chi connectivity index (χ3v) is 1.84. The summed E-state index contributed by atoms with van der Waals surface area (Å²) in [5.41, 5.74) is -0.852. The Morgan fingerprint density at radius 1 is 1.56 bits per heavy atom. The summed E-state index contributed by atoms with van der Waals surface area (Å²) in [5, 5.41) is 8.48. The molecule has 1 aromatic rings. The molecule has 0 aromatic carbocycles. The lowest BCUT2D eigenvalue weighted by Gasteiger charge is -2.16. The molecule has 0 atom stereocenters. The minimum absolute atomic E-state index is 0.0303. The number of likely N-dealkylation sites (N-methyl/N-ethyl adjacent to an activating group) is 1. The largest absolute Gasteiger partial charge is 0.480 e. The average molecular weight is 234 g/mol. The molecule has 1 N–H and O–H groups in total. The van der Waals surface area contributed by atoms with Crippen LogP contribution in [0.4, 0.5) is 19.0 Å². The smallest absolute Gasteiger partial charge is 0.416 e. The minimum Gasteiger partial charge on any atom is -0.480 e. The first kappa shape index (κ1) is 12.3. The van der Waals surface area contributed by atoms with Crippen molar-refractivity contribution >= 4 is 11.8 Å². The first-order chi connectivity index (χ1) is 7.30. The molecule has 0 bridgehead atoms. The topological polar surface area (TPSA) is 53.4 Å². The number of halogens is 3. The van der Waals surface area contributed by atoms with E-state index in [2.05, 4.69) is 4.98 Å². The maximum absolute atomic E-state index is 12.3. The van der Waals surface area contributed by atoms with Crippen molar-refractivity contribution in [2.75, 3.05) is 18.5 Å². The van der Waals surface area contributed by atoms with Gasteiger partial charge in [-0.25, -0.2) is 4.98 Å². The van der Waals surface area contributed by atoms with Gasteiger partial charge in [0, 0.05) is 13.2 Å². The second-order valence-corrected chi connectivity index (χ2v) is 3.15. The molecule has 7 heteroatoms. The van der Waals surface area contributed by atoms with E-state index in [-0.39, 0.29) is 5.82 Å². The van der Waals surface area contributed by atoms with Crippen LogP contribution in [-0.2, 0) is 11.0 Å². The van der Waals surface area contributed by atoms with E-state index in [1.807, 2.05) is 0 Å². The lowest BCUT2D eigenvalue weighted by molar-refractivity contribution is -0.137. The van der Waals surface area contributed by atoms with Gasteiger partial charge in [-0.1, -0.05) is 0 Å². The summed E-state index contributed by atoms with van der Waals surface area (Å²) in [7, 11) is 1.36. The molecule has 0 aliphatic heterocycles. The van der Waals surface area contributed by atoms with Crippen LogP contribution in [0.3, 0.4) is 0 Å². The van der Waals surface area contributed by atoms with Crippen LogP contribution in [0.5, 0.6) is 0 Å². The van der Waals surface area contributed by atoms with E-state index in [4.69, 9.17) is 5.11 Å². The Labute approximate surface area is 89.3 Å². The molecule has 0 aliphatic carbocycles. The molecule has 0 amide bonds. The SMILES string of the molecule is CN(CC(=O)O)c1cc(C(F)(F)F)ccn1. The highest BCUT2D eigenvalue weighted by atomic mass is 19.4. The monoisotopic (exact) mass is 234 g/mol. The van der Waals surface area contributed by atoms with E-state index in [0.717, 1.165) is 23.2 Å². The van der Waals surface area contributed by atoms with Gasteiger partial charge in [0.1, 0.15) is 12.4 Å². The van der Waals surface area contributed by atoms with E-state index in [1.165, 1.54) is 7.05 Å². The van der Waals surface area contributed by atoms with Crippen LogP contribution in [0.1, 0.15) is 5.56 Å². The lowest BCUT2D eigenvalue weighted by Crippen LogP contribution is -2.26. The van der Waals surface area contributed by atoms with E-state index in [9.17, 15) is 18.0 Å². The fourth-order valence-electron chi connectivity index (χ4n) is 1.09. The second-order valence-electron chi connectivity index (χ2n) is 3.15. The second kappa shape index (κ2) is 4.38. The Kier molecular flexibility index (Phi) is 3.36. The van der Waals surface area contributed by atoms with E-state index < -0.39 is 24.3 Å². The van der Waals surface area contributed by atoms with Crippen molar-refractivity contribution in [1.29, 1.82) is 0 Å². The highest BCUT2D eigenvalue weighted by molar-refractivity contribution is 5.72. The van der Waals surface area contributed by atoms with Crippen LogP contribution >= 0.6 is 0 Å². The number of hydrogen-bond donors (Lipinski definition) is 1. The number of carbonyl (C=O) groups is 1. The Morgan fingerprint density at radius 2 is 2.19 bits per heavy atom. The number of aliphatic carboxylic acids is 1. The standard InChI is InChI=1S/C9H9F3N2O2/c1-14(5-8(15)16)7-4-6(2-3-13-7)9(10,11)12/h2-4H,5H2,1H3,(H,15,16). The summed E-state index contributed by atoms with van der Waals surface area (Å²) in [6.07, 6.45) is -3.46. The molecule has 0 fully saturated rings. The van der Waals surface area contributed by atoms with Gasteiger partial charge >= 0.3 is 12.1 Å². The molecule has 88 valence electrons. The number of rotatable bonds is 3. The lowest BCUT2D eigenvalue weighted by atomic mass is 10.2. The first-order valence-corrected chi connectivity index (χ1v) is 4.27. The highest BCUT2D eigenvalue weighted by Gasteiger charge is 2.31. The van der Waals surface area contributed by atoms with Crippen LogP contribution in [0.25, 0.3) is 0 Å². The Balaban J connectivity index is 2.94. The fourth-order valence-corrected chi connectivity index (χ4v) is 1.09. The van der Waals surface area contributed by atoms with Crippen LogP contribution in [-0.4, -0.2) is 29.7 Å². The van der Waals surface area contributed by atoms with Crippen LogP contribution in [0.15, 0.2) is 18.3 Å². The van der Waals surface area contributed by atoms with Crippen molar-refractivity contribution in [2.45, 2.75) is 6.18 Å². The van der Waals surface area contributed by atoms with Gasteiger partial charge in [-0.2, -0.15) is 13.2 Å². The van der Waals surface area contributed by atoms with Crippen molar-refractivity contribution in [3.8, 4) is 0 Å². The predicted molar refractivity (Wildman–Crippen MR) is 50.1 cm³/mol. The molecule has 0 unspecified atom stereocenters. The summed E-state index contributed by atoms with van der Waals surface area (Å²) in [6, 6.07) is 1.64. The molecule has 1 rings (SSSR count). The van der Waals surface area contributed by atoms with Gasteiger partial charge in [0.15, 0.2) is 0 Å². The molecule has 1 aromatic heterocycles. The van der Waals surface area contributed by atoms with Crippen molar-refractivity contribution < 1.29 is 23.1 Å². The molecule has 0 aliphatic rings. The summed E-state index contributed by atoms with van der Waals surface area (Å²) in [5.74, 6) is -1.17. The maximum atomic E-state index is 12.3. The van der Waals surface area contributed by atoms with Gasteiger partial charge < -0.3 is 10.0 Å². The van der Waals surface area contributed by atoms with Crippen molar-refractivity contribution in [1.82, 2.24) is 4.98 Å². The zero-order valence-electron chi connectivity index (χ0n) is 8.32. The Bertz CT molecular complexity index is 393. The van der Waals surface area contributed by atoms with Crippen molar-refractivity contribution in [3.05, 3.63) is 23.9 Å². The molecule has 16 heavy (non-hydrogen) atoms. The van der Waals surface area contributed by atoms with Crippen LogP contribution in [0.2, 0.25) is 0 Å². The van der Waals surface area contributed by atoms with Gasteiger partial charge in [0.25, 0.3) is 0 Å². The van der Waals surface area contributed by atoms with Gasteiger partial charge in [0.2, 0.25) is 0 Å². The molecule has 0 saturated heterocycles. The number of aromatic nitrogens is 1. The normalized spacial score (nSPS) is 11.2.